The Hall–Kier alpha value is -2.43. The highest BCUT2D eigenvalue weighted by Crippen LogP contribution is 2.41. The molecule has 1 aromatic heterocycles. The minimum absolute atomic E-state index is 0.0729. The monoisotopic (exact) mass is 352 g/mol. The van der Waals surface area contributed by atoms with E-state index in [0.29, 0.717) is 12.2 Å². The minimum Gasteiger partial charge on any atom is -0.356 e. The number of benzene rings is 1. The molecule has 1 aromatic carbocycles. The van der Waals surface area contributed by atoms with Crippen LogP contribution in [0.1, 0.15) is 48.3 Å². The van der Waals surface area contributed by atoms with Crippen molar-refractivity contribution in [1.82, 2.24) is 9.97 Å². The molecule has 0 spiro atoms. The van der Waals surface area contributed by atoms with Crippen LogP contribution in [0.25, 0.3) is 0 Å². The van der Waals surface area contributed by atoms with Crippen molar-refractivity contribution in [1.29, 1.82) is 0 Å². The number of aryl methyl sites for hydroxylation is 4. The van der Waals surface area contributed by atoms with E-state index in [2.05, 4.69) is 56.6 Å². The van der Waals surface area contributed by atoms with Crippen LogP contribution in [-0.4, -0.2) is 29.0 Å². The summed E-state index contributed by atoms with van der Waals surface area (Å²) in [5.41, 5.74) is 5.32. The number of carbonyl (C=O) groups is 1. The van der Waals surface area contributed by atoms with Crippen LogP contribution in [0.3, 0.4) is 0 Å². The van der Waals surface area contributed by atoms with Crippen LogP contribution in [0.2, 0.25) is 0 Å². The van der Waals surface area contributed by atoms with Gasteiger partial charge in [0, 0.05) is 18.7 Å². The van der Waals surface area contributed by atoms with Gasteiger partial charge in [0.25, 0.3) is 0 Å². The molecule has 2 aromatic rings. The van der Waals surface area contributed by atoms with Gasteiger partial charge in [-0.25, -0.2) is 9.97 Å². The maximum absolute atomic E-state index is 13.0. The van der Waals surface area contributed by atoms with Gasteiger partial charge in [0.05, 0.1) is 12.1 Å². The van der Waals surface area contributed by atoms with E-state index < -0.39 is 0 Å². The van der Waals surface area contributed by atoms with Crippen molar-refractivity contribution in [2.24, 2.45) is 0 Å². The third-order valence-electron chi connectivity index (χ3n) is 4.90. The zero-order valence-electron chi connectivity index (χ0n) is 16.7. The van der Waals surface area contributed by atoms with Gasteiger partial charge in [0.1, 0.15) is 17.5 Å². The van der Waals surface area contributed by atoms with Crippen molar-refractivity contribution in [3.63, 3.8) is 0 Å². The quantitative estimate of drug-likeness (QED) is 0.810. The largest absolute Gasteiger partial charge is 0.356 e. The Bertz CT molecular complexity index is 836. The second kappa shape index (κ2) is 7.06. The predicted molar refractivity (Wildman–Crippen MR) is 106 cm³/mol. The van der Waals surface area contributed by atoms with Crippen molar-refractivity contribution in [2.75, 3.05) is 22.9 Å². The molecule has 26 heavy (non-hydrogen) atoms. The van der Waals surface area contributed by atoms with Crippen molar-refractivity contribution < 1.29 is 4.79 Å². The lowest BCUT2D eigenvalue weighted by Gasteiger charge is -2.25. The van der Waals surface area contributed by atoms with Gasteiger partial charge >= 0.3 is 0 Å². The first-order valence-corrected chi connectivity index (χ1v) is 9.40. The van der Waals surface area contributed by atoms with Gasteiger partial charge in [-0.3, -0.25) is 9.69 Å². The van der Waals surface area contributed by atoms with Gasteiger partial charge in [0.15, 0.2) is 0 Å². The Morgan fingerprint density at radius 3 is 2.31 bits per heavy atom. The molecule has 0 saturated carbocycles. The van der Waals surface area contributed by atoms with Crippen LogP contribution >= 0.6 is 0 Å². The number of anilines is 3. The average molecular weight is 352 g/mol. The third kappa shape index (κ3) is 3.06. The van der Waals surface area contributed by atoms with Crippen LogP contribution in [0, 0.1) is 27.7 Å². The molecule has 0 aliphatic carbocycles. The summed E-state index contributed by atoms with van der Waals surface area (Å²) in [6.45, 7) is 14.2. The summed E-state index contributed by atoms with van der Waals surface area (Å²) < 4.78 is 0. The lowest BCUT2D eigenvalue weighted by Crippen LogP contribution is -2.26. The van der Waals surface area contributed by atoms with E-state index in [9.17, 15) is 4.79 Å². The van der Waals surface area contributed by atoms with E-state index in [4.69, 9.17) is 4.98 Å². The lowest BCUT2D eigenvalue weighted by atomic mass is 10.0. The maximum Gasteiger partial charge on any atom is 0.237 e. The molecule has 1 aliphatic rings. The second-order valence-electron chi connectivity index (χ2n) is 7.13. The average Bonchev–Trinajstić information content (AvgIpc) is 2.88. The first kappa shape index (κ1) is 18.4. The molecule has 1 amide bonds. The van der Waals surface area contributed by atoms with Gasteiger partial charge in [-0.15, -0.1) is 0 Å². The Morgan fingerprint density at radius 1 is 1.08 bits per heavy atom. The summed E-state index contributed by atoms with van der Waals surface area (Å²) in [6.07, 6.45) is 1.40. The zero-order valence-corrected chi connectivity index (χ0v) is 16.7. The highest BCUT2D eigenvalue weighted by atomic mass is 16.2. The van der Waals surface area contributed by atoms with Gasteiger partial charge in [0.2, 0.25) is 5.91 Å². The van der Waals surface area contributed by atoms with Crippen molar-refractivity contribution in [3.8, 4) is 0 Å². The standard InChI is InChI=1S/C21H28N4O/c1-7-9-24(8-2)20-17-12-18(26)25(21(17)23-16(6)22-20)19-14(4)10-13(3)11-15(19)5/h10-11H,7-9,12H2,1-6H3. The van der Waals surface area contributed by atoms with E-state index in [1.165, 1.54) is 5.56 Å². The van der Waals surface area contributed by atoms with E-state index in [-0.39, 0.29) is 5.91 Å². The van der Waals surface area contributed by atoms with Gasteiger partial charge in [-0.2, -0.15) is 0 Å². The van der Waals surface area contributed by atoms with E-state index in [1.54, 1.807) is 4.90 Å². The SMILES string of the molecule is CCCN(CC)c1nc(C)nc2c1CC(=O)N2c1c(C)cc(C)cc1C. The fraction of sp³-hybridized carbons (Fsp3) is 0.476. The fourth-order valence-corrected chi connectivity index (χ4v) is 3.96. The molecule has 0 fully saturated rings. The molecule has 0 bridgehead atoms. The van der Waals surface area contributed by atoms with Crippen LogP contribution in [0.4, 0.5) is 17.3 Å². The number of hydrogen-bond acceptors (Lipinski definition) is 4. The van der Waals surface area contributed by atoms with Crippen LogP contribution in [0.5, 0.6) is 0 Å². The number of aromatic nitrogens is 2. The predicted octanol–water partition coefficient (Wildman–Crippen LogP) is 4.17. The maximum atomic E-state index is 13.0. The summed E-state index contributed by atoms with van der Waals surface area (Å²) in [4.78, 5) is 26.4. The molecule has 0 saturated heterocycles. The molecule has 5 heteroatoms. The van der Waals surface area contributed by atoms with E-state index >= 15 is 0 Å². The summed E-state index contributed by atoms with van der Waals surface area (Å²) in [6, 6.07) is 4.25. The number of rotatable bonds is 5. The number of hydrogen-bond donors (Lipinski definition) is 0. The van der Waals surface area contributed by atoms with Gasteiger partial charge < -0.3 is 4.90 Å². The molecular weight excluding hydrogens is 324 g/mol. The molecule has 0 unspecified atom stereocenters. The first-order chi connectivity index (χ1) is 12.4. The summed E-state index contributed by atoms with van der Waals surface area (Å²) in [5, 5.41) is 0. The highest BCUT2D eigenvalue weighted by Gasteiger charge is 2.35. The molecule has 0 atom stereocenters. The fourth-order valence-electron chi connectivity index (χ4n) is 3.96. The Kier molecular flexibility index (Phi) is 4.99. The summed E-state index contributed by atoms with van der Waals surface area (Å²) in [5.74, 6) is 2.44. The normalized spacial score (nSPS) is 13.3. The topological polar surface area (TPSA) is 49.3 Å². The van der Waals surface area contributed by atoms with Crippen molar-refractivity contribution in [2.45, 2.75) is 54.4 Å². The Morgan fingerprint density at radius 2 is 1.73 bits per heavy atom. The molecule has 0 radical (unpaired) electrons. The van der Waals surface area contributed by atoms with Crippen LogP contribution < -0.4 is 9.80 Å². The van der Waals surface area contributed by atoms with Gasteiger partial charge in [-0.05, 0) is 52.2 Å². The molecule has 3 rings (SSSR count). The lowest BCUT2D eigenvalue weighted by molar-refractivity contribution is -0.116. The molecule has 1 aliphatic heterocycles. The molecular formula is C21H28N4O. The molecule has 2 heterocycles. The number of carbonyl (C=O) groups excluding carboxylic acids is 1. The smallest absolute Gasteiger partial charge is 0.237 e. The molecule has 0 N–H and O–H groups in total. The Balaban J connectivity index is 2.19. The highest BCUT2D eigenvalue weighted by molar-refractivity contribution is 6.08. The summed E-state index contributed by atoms with van der Waals surface area (Å²) in [7, 11) is 0. The molecule has 5 nitrogen and oxygen atoms in total. The van der Waals surface area contributed by atoms with E-state index in [0.717, 1.165) is 53.5 Å². The third-order valence-corrected chi connectivity index (χ3v) is 4.90. The Labute approximate surface area is 156 Å². The van der Waals surface area contributed by atoms with Crippen molar-refractivity contribution >= 4 is 23.2 Å². The summed E-state index contributed by atoms with van der Waals surface area (Å²) >= 11 is 0. The van der Waals surface area contributed by atoms with Crippen molar-refractivity contribution in [3.05, 3.63) is 40.2 Å². The zero-order chi connectivity index (χ0) is 19.0. The number of nitrogens with zero attached hydrogens (tertiary/aromatic N) is 4. The van der Waals surface area contributed by atoms with Crippen LogP contribution in [-0.2, 0) is 11.2 Å². The number of fused-ring (bicyclic) bond motifs is 1. The second-order valence-corrected chi connectivity index (χ2v) is 7.13. The minimum atomic E-state index is 0.0729. The molecule has 138 valence electrons. The first-order valence-electron chi connectivity index (χ1n) is 9.40. The van der Waals surface area contributed by atoms with Crippen LogP contribution in [0.15, 0.2) is 12.1 Å². The van der Waals surface area contributed by atoms with E-state index in [1.807, 2.05) is 6.92 Å². The number of amides is 1. The van der Waals surface area contributed by atoms with Gasteiger partial charge in [-0.1, -0.05) is 24.6 Å².